The van der Waals surface area contributed by atoms with Crippen molar-refractivity contribution < 1.29 is 18.0 Å². The molecule has 1 fully saturated rings. The highest BCUT2D eigenvalue weighted by Crippen LogP contribution is 2.38. The van der Waals surface area contributed by atoms with Gasteiger partial charge in [0.2, 0.25) is 10.0 Å². The van der Waals surface area contributed by atoms with Crippen molar-refractivity contribution in [2.75, 3.05) is 41.3 Å². The summed E-state index contributed by atoms with van der Waals surface area (Å²) in [5, 5.41) is 6.27. The normalized spacial score (nSPS) is 17.1. The van der Waals surface area contributed by atoms with E-state index in [2.05, 4.69) is 17.6 Å². The lowest BCUT2D eigenvalue weighted by Gasteiger charge is -2.31. The summed E-state index contributed by atoms with van der Waals surface area (Å²) < 4.78 is 25.6. The van der Waals surface area contributed by atoms with E-state index >= 15 is 0 Å². The van der Waals surface area contributed by atoms with Crippen LogP contribution in [0.1, 0.15) is 40.5 Å². The van der Waals surface area contributed by atoms with E-state index in [-0.39, 0.29) is 11.8 Å². The number of fused-ring (bicyclic) bond motifs is 2. The zero-order chi connectivity index (χ0) is 26.3. The third-order valence-corrected chi connectivity index (χ3v) is 8.24. The number of sulfonamides is 1. The average Bonchev–Trinajstić information content (AvgIpc) is 3.01. The molecule has 0 bridgehead atoms. The molecule has 2 heterocycles. The van der Waals surface area contributed by atoms with Crippen molar-refractivity contribution in [2.45, 2.75) is 19.8 Å². The maximum Gasteiger partial charge on any atom is 0.257 e. The van der Waals surface area contributed by atoms with Crippen molar-refractivity contribution in [1.82, 2.24) is 4.90 Å². The van der Waals surface area contributed by atoms with Gasteiger partial charge in [-0.25, -0.2) is 8.42 Å². The molecule has 0 radical (unpaired) electrons. The predicted molar refractivity (Wildman–Crippen MR) is 147 cm³/mol. The maximum absolute atomic E-state index is 13.1. The van der Waals surface area contributed by atoms with Gasteiger partial charge in [0, 0.05) is 31.3 Å². The second kappa shape index (κ2) is 9.55. The van der Waals surface area contributed by atoms with E-state index in [0.717, 1.165) is 43.3 Å². The van der Waals surface area contributed by atoms with Crippen molar-refractivity contribution in [3.05, 3.63) is 71.8 Å². The number of anilines is 4. The lowest BCUT2D eigenvalue weighted by Crippen LogP contribution is -2.39. The molecule has 0 spiro atoms. The minimum atomic E-state index is -3.46. The molecule has 1 saturated heterocycles. The van der Waals surface area contributed by atoms with Gasteiger partial charge >= 0.3 is 0 Å². The maximum atomic E-state index is 13.1. The first kappa shape index (κ1) is 24.8. The molecule has 37 heavy (non-hydrogen) atoms. The van der Waals surface area contributed by atoms with Gasteiger partial charge in [0.25, 0.3) is 11.8 Å². The van der Waals surface area contributed by atoms with Crippen LogP contribution in [0, 0.1) is 5.92 Å². The molecule has 0 saturated carbocycles. The van der Waals surface area contributed by atoms with Gasteiger partial charge in [0.15, 0.2) is 0 Å². The number of carbonyl (C=O) groups is 2. The quantitative estimate of drug-likeness (QED) is 0.510. The first-order valence-corrected chi connectivity index (χ1v) is 14.2. The molecule has 0 aliphatic carbocycles. The summed E-state index contributed by atoms with van der Waals surface area (Å²) >= 11 is 0. The number of nitrogens with zero attached hydrogens (tertiary/aromatic N) is 2. The summed E-state index contributed by atoms with van der Waals surface area (Å²) in [6.45, 7) is 3.64. The van der Waals surface area contributed by atoms with Gasteiger partial charge in [-0.2, -0.15) is 0 Å². The summed E-state index contributed by atoms with van der Waals surface area (Å²) in [5.74, 6) is 0.163. The van der Waals surface area contributed by atoms with E-state index in [4.69, 9.17) is 0 Å². The number of hydrogen-bond donors (Lipinski definition) is 2. The molecule has 2 amide bonds. The molecule has 2 aliphatic rings. The summed E-state index contributed by atoms with van der Waals surface area (Å²) in [6.07, 6.45) is 3.29. The topological polar surface area (TPSA) is 98.8 Å². The van der Waals surface area contributed by atoms with Crippen molar-refractivity contribution in [3.8, 4) is 11.1 Å². The van der Waals surface area contributed by atoms with E-state index in [9.17, 15) is 18.0 Å². The lowest BCUT2D eigenvalue weighted by molar-refractivity contribution is 0.0683. The van der Waals surface area contributed by atoms with Crippen LogP contribution in [-0.2, 0) is 10.0 Å². The molecule has 3 aromatic carbocycles. The molecule has 192 valence electrons. The van der Waals surface area contributed by atoms with E-state index in [1.165, 1.54) is 11.4 Å². The van der Waals surface area contributed by atoms with Gasteiger partial charge in [0.1, 0.15) is 0 Å². The summed E-state index contributed by atoms with van der Waals surface area (Å²) in [6, 6.07) is 17.9. The number of carbonyl (C=O) groups excluding carboxylic acids is 2. The van der Waals surface area contributed by atoms with Gasteiger partial charge in [-0.3, -0.25) is 13.9 Å². The Labute approximate surface area is 217 Å². The third-order valence-electron chi connectivity index (χ3n) is 7.04. The smallest absolute Gasteiger partial charge is 0.257 e. The monoisotopic (exact) mass is 518 g/mol. The Morgan fingerprint density at radius 3 is 2.51 bits per heavy atom. The van der Waals surface area contributed by atoms with E-state index < -0.39 is 10.0 Å². The molecule has 5 rings (SSSR count). The van der Waals surface area contributed by atoms with Crippen LogP contribution in [0.25, 0.3) is 11.1 Å². The number of hydrogen-bond acceptors (Lipinski definition) is 5. The molecular formula is C28H30N4O4S. The van der Waals surface area contributed by atoms with Gasteiger partial charge in [-0.1, -0.05) is 31.2 Å². The molecule has 1 unspecified atom stereocenters. The summed E-state index contributed by atoms with van der Waals surface area (Å²) in [4.78, 5) is 28.1. The van der Waals surface area contributed by atoms with Gasteiger partial charge in [-0.15, -0.1) is 0 Å². The fraction of sp³-hybridized carbons (Fsp3) is 0.286. The van der Waals surface area contributed by atoms with Crippen LogP contribution in [0.15, 0.2) is 60.7 Å². The van der Waals surface area contributed by atoms with E-state index in [1.54, 1.807) is 36.4 Å². The van der Waals surface area contributed by atoms with E-state index in [1.807, 2.05) is 29.2 Å². The van der Waals surface area contributed by atoms with Crippen LogP contribution < -0.4 is 14.9 Å². The predicted octanol–water partition coefficient (Wildman–Crippen LogP) is 4.93. The van der Waals surface area contributed by atoms with Crippen molar-refractivity contribution in [2.24, 2.45) is 5.92 Å². The highest BCUT2D eigenvalue weighted by Gasteiger charge is 2.25. The zero-order valence-corrected chi connectivity index (χ0v) is 21.9. The number of piperidine rings is 1. The SMILES string of the molecule is CC1CCCN(C(=O)c2ccc3c(c2)NC(=O)c2ccc(-c4ccccc4N(C)S(C)(=O)=O)cc2N3)C1. The van der Waals surface area contributed by atoms with Crippen LogP contribution in [0.5, 0.6) is 0 Å². The number of rotatable bonds is 4. The van der Waals surface area contributed by atoms with Gasteiger partial charge in [0.05, 0.1) is 34.6 Å². The fourth-order valence-electron chi connectivity index (χ4n) is 4.97. The van der Waals surface area contributed by atoms with Crippen molar-refractivity contribution in [3.63, 3.8) is 0 Å². The standard InChI is InChI=1S/C28H30N4O4S/c1-18-7-6-14-32(17-18)28(34)20-11-13-23-25(16-20)30-27(33)22-12-10-19(15-24(22)29-23)21-8-4-5-9-26(21)31(2)37(3,35)36/h4-5,8-13,15-16,18,29H,6-7,14,17H2,1-3H3,(H,30,33). The Balaban J connectivity index is 1.48. The van der Waals surface area contributed by atoms with Crippen molar-refractivity contribution in [1.29, 1.82) is 0 Å². The zero-order valence-electron chi connectivity index (χ0n) is 21.1. The van der Waals surface area contributed by atoms with Crippen LogP contribution in [0.2, 0.25) is 0 Å². The number of benzene rings is 3. The molecule has 3 aromatic rings. The Morgan fingerprint density at radius 2 is 1.76 bits per heavy atom. The van der Waals surface area contributed by atoms with Gasteiger partial charge < -0.3 is 15.5 Å². The number of amides is 2. The number of para-hydroxylation sites is 1. The Bertz CT molecular complexity index is 1500. The van der Waals surface area contributed by atoms with Crippen LogP contribution in [0.4, 0.5) is 22.7 Å². The molecule has 1 atom stereocenters. The lowest BCUT2D eigenvalue weighted by atomic mass is 9.99. The van der Waals surface area contributed by atoms with Crippen LogP contribution in [-0.4, -0.2) is 51.5 Å². The minimum absolute atomic E-state index is 0.0285. The second-order valence-electron chi connectivity index (χ2n) is 9.85. The van der Waals surface area contributed by atoms with Gasteiger partial charge in [-0.05, 0) is 60.7 Å². The number of nitrogens with one attached hydrogen (secondary N) is 2. The highest BCUT2D eigenvalue weighted by molar-refractivity contribution is 7.92. The van der Waals surface area contributed by atoms with Crippen LogP contribution >= 0.6 is 0 Å². The third kappa shape index (κ3) is 4.91. The summed E-state index contributed by atoms with van der Waals surface area (Å²) in [7, 11) is -1.94. The first-order chi connectivity index (χ1) is 17.6. The van der Waals surface area contributed by atoms with E-state index in [0.29, 0.717) is 39.8 Å². The highest BCUT2D eigenvalue weighted by atomic mass is 32.2. The molecular weight excluding hydrogens is 488 g/mol. The second-order valence-corrected chi connectivity index (χ2v) is 11.9. The van der Waals surface area contributed by atoms with Crippen molar-refractivity contribution >= 4 is 44.6 Å². The Hall–Kier alpha value is -3.85. The summed E-state index contributed by atoms with van der Waals surface area (Å²) in [5.41, 5.74) is 4.82. The average molecular weight is 519 g/mol. The van der Waals surface area contributed by atoms with Crippen LogP contribution in [0.3, 0.4) is 0 Å². The largest absolute Gasteiger partial charge is 0.353 e. The molecule has 8 nitrogen and oxygen atoms in total. The molecule has 2 aliphatic heterocycles. The molecule has 0 aromatic heterocycles. The fourth-order valence-corrected chi connectivity index (χ4v) is 5.48. The Kier molecular flexibility index (Phi) is 6.41. The Morgan fingerprint density at radius 1 is 0.973 bits per heavy atom. The number of likely N-dealkylation sites (tertiary alicyclic amines) is 1. The molecule has 9 heteroatoms. The first-order valence-electron chi connectivity index (χ1n) is 12.3. The minimum Gasteiger partial charge on any atom is -0.353 e. The molecule has 2 N–H and O–H groups in total.